The molecule has 0 aromatic heterocycles. The summed E-state index contributed by atoms with van der Waals surface area (Å²) in [6.07, 6.45) is 0.926. The smallest absolute Gasteiger partial charge is 0.251 e. The molecule has 1 fully saturated rings. The van der Waals surface area contributed by atoms with Gasteiger partial charge in [0.1, 0.15) is 6.04 Å². The molecule has 28 heavy (non-hydrogen) atoms. The van der Waals surface area contributed by atoms with Gasteiger partial charge in [0.2, 0.25) is 5.91 Å². The molecule has 0 radical (unpaired) electrons. The number of halogens is 1. The maximum Gasteiger partial charge on any atom is 0.251 e. The predicted molar refractivity (Wildman–Crippen MR) is 117 cm³/mol. The SMILES string of the molecule is CC(C)C(NC(=O)c1ccc(C(C)(C)C)cc1)C(=O)N1CC(CN)CC1C.Cl. The highest BCUT2D eigenvalue weighted by Crippen LogP contribution is 2.25. The summed E-state index contributed by atoms with van der Waals surface area (Å²) in [6.45, 7) is 13.7. The molecule has 1 saturated heterocycles. The first-order chi connectivity index (χ1) is 12.5. The topological polar surface area (TPSA) is 75.4 Å². The molecule has 1 aliphatic rings. The fraction of sp³-hybridized carbons (Fsp3) is 0.636. The third-order valence-electron chi connectivity index (χ3n) is 5.51. The summed E-state index contributed by atoms with van der Waals surface area (Å²) in [6, 6.07) is 7.26. The molecule has 2 amide bonds. The van der Waals surface area contributed by atoms with Gasteiger partial charge in [-0.25, -0.2) is 0 Å². The Labute approximate surface area is 175 Å². The highest BCUT2D eigenvalue weighted by Gasteiger charge is 2.36. The van der Waals surface area contributed by atoms with E-state index in [0.29, 0.717) is 24.6 Å². The van der Waals surface area contributed by atoms with E-state index in [1.54, 1.807) is 0 Å². The molecule has 1 aromatic rings. The maximum atomic E-state index is 13.1. The number of nitrogens with two attached hydrogens (primary N) is 1. The number of carbonyl (C=O) groups excluding carboxylic acids is 2. The Morgan fingerprint density at radius 2 is 1.79 bits per heavy atom. The summed E-state index contributed by atoms with van der Waals surface area (Å²) in [7, 11) is 0. The van der Waals surface area contributed by atoms with Crippen LogP contribution in [0, 0.1) is 11.8 Å². The normalized spacial score (nSPS) is 20.6. The Balaban J connectivity index is 0.00000392. The fourth-order valence-electron chi connectivity index (χ4n) is 3.66. The lowest BCUT2D eigenvalue weighted by Crippen LogP contribution is -2.52. The van der Waals surface area contributed by atoms with Crippen molar-refractivity contribution in [2.24, 2.45) is 17.6 Å². The zero-order chi connectivity index (χ0) is 20.4. The Hall–Kier alpha value is -1.59. The van der Waals surface area contributed by atoms with Gasteiger partial charge in [-0.15, -0.1) is 12.4 Å². The van der Waals surface area contributed by atoms with Crippen molar-refractivity contribution in [1.82, 2.24) is 10.2 Å². The average Bonchev–Trinajstić information content (AvgIpc) is 2.99. The van der Waals surface area contributed by atoms with Crippen molar-refractivity contribution in [3.8, 4) is 0 Å². The van der Waals surface area contributed by atoms with Crippen molar-refractivity contribution in [2.75, 3.05) is 13.1 Å². The van der Waals surface area contributed by atoms with Crippen LogP contribution in [0.2, 0.25) is 0 Å². The van der Waals surface area contributed by atoms with Crippen LogP contribution in [-0.2, 0) is 10.2 Å². The molecule has 1 heterocycles. The number of hydrogen-bond acceptors (Lipinski definition) is 3. The number of benzene rings is 1. The van der Waals surface area contributed by atoms with E-state index < -0.39 is 6.04 Å². The minimum atomic E-state index is -0.529. The molecule has 2 rings (SSSR count). The zero-order valence-corrected chi connectivity index (χ0v) is 18.8. The Bertz CT molecular complexity index is 667. The quantitative estimate of drug-likeness (QED) is 0.782. The third kappa shape index (κ3) is 5.71. The second-order valence-corrected chi connectivity index (χ2v) is 9.20. The van der Waals surface area contributed by atoms with Gasteiger partial charge in [0.25, 0.3) is 5.91 Å². The first-order valence-corrected chi connectivity index (χ1v) is 9.96. The van der Waals surface area contributed by atoms with Crippen LogP contribution in [0.5, 0.6) is 0 Å². The number of hydrogen-bond donors (Lipinski definition) is 2. The lowest BCUT2D eigenvalue weighted by Gasteiger charge is -2.29. The minimum absolute atomic E-state index is 0. The van der Waals surface area contributed by atoms with Gasteiger partial charge in [-0.3, -0.25) is 9.59 Å². The Kier molecular flexibility index (Phi) is 8.51. The minimum Gasteiger partial charge on any atom is -0.340 e. The van der Waals surface area contributed by atoms with Gasteiger partial charge in [-0.2, -0.15) is 0 Å². The number of nitrogens with one attached hydrogen (secondary N) is 1. The summed E-state index contributed by atoms with van der Waals surface area (Å²) in [5.41, 5.74) is 7.58. The molecule has 1 aromatic carbocycles. The summed E-state index contributed by atoms with van der Waals surface area (Å²) in [5, 5.41) is 2.96. The summed E-state index contributed by atoms with van der Waals surface area (Å²) < 4.78 is 0. The van der Waals surface area contributed by atoms with Crippen molar-refractivity contribution < 1.29 is 9.59 Å². The van der Waals surface area contributed by atoms with Crippen LogP contribution in [-0.4, -0.2) is 41.9 Å². The van der Waals surface area contributed by atoms with E-state index in [-0.39, 0.29) is 41.6 Å². The van der Waals surface area contributed by atoms with E-state index in [1.807, 2.05) is 43.0 Å². The largest absolute Gasteiger partial charge is 0.340 e. The van der Waals surface area contributed by atoms with Crippen molar-refractivity contribution in [3.05, 3.63) is 35.4 Å². The first kappa shape index (κ1) is 24.4. The van der Waals surface area contributed by atoms with Gasteiger partial charge in [0.05, 0.1) is 0 Å². The van der Waals surface area contributed by atoms with E-state index in [9.17, 15) is 9.59 Å². The van der Waals surface area contributed by atoms with Crippen LogP contribution in [0.15, 0.2) is 24.3 Å². The van der Waals surface area contributed by atoms with Crippen LogP contribution in [0.4, 0.5) is 0 Å². The van der Waals surface area contributed by atoms with Crippen molar-refractivity contribution in [1.29, 1.82) is 0 Å². The molecule has 5 nitrogen and oxygen atoms in total. The summed E-state index contributed by atoms with van der Waals surface area (Å²) in [5.74, 6) is 0.148. The molecule has 3 unspecified atom stereocenters. The number of likely N-dealkylation sites (tertiary alicyclic amines) is 1. The van der Waals surface area contributed by atoms with Crippen LogP contribution >= 0.6 is 12.4 Å². The molecule has 158 valence electrons. The van der Waals surface area contributed by atoms with Gasteiger partial charge in [-0.05, 0) is 54.8 Å². The Morgan fingerprint density at radius 1 is 1.21 bits per heavy atom. The lowest BCUT2D eigenvalue weighted by molar-refractivity contribution is -0.135. The monoisotopic (exact) mass is 409 g/mol. The van der Waals surface area contributed by atoms with Crippen molar-refractivity contribution in [2.45, 2.75) is 65.5 Å². The van der Waals surface area contributed by atoms with Crippen molar-refractivity contribution in [3.63, 3.8) is 0 Å². The molecule has 0 spiro atoms. The molecular formula is C22H36ClN3O2. The van der Waals surface area contributed by atoms with Gasteiger partial charge < -0.3 is 16.0 Å². The molecule has 3 N–H and O–H groups in total. The van der Waals surface area contributed by atoms with E-state index in [0.717, 1.165) is 6.42 Å². The molecule has 0 aliphatic carbocycles. The molecule has 6 heteroatoms. The molecule has 3 atom stereocenters. The fourth-order valence-corrected chi connectivity index (χ4v) is 3.66. The number of carbonyl (C=O) groups is 2. The highest BCUT2D eigenvalue weighted by molar-refractivity contribution is 5.97. The number of amides is 2. The standard InChI is InChI=1S/C22H35N3O2.ClH/c1-14(2)19(21(27)25-13-16(12-23)11-15(25)3)24-20(26)17-7-9-18(10-8-17)22(4,5)6;/h7-10,14-16,19H,11-13,23H2,1-6H3,(H,24,26);1H. The van der Waals surface area contributed by atoms with Crippen LogP contribution in [0.3, 0.4) is 0 Å². The van der Waals surface area contributed by atoms with Crippen molar-refractivity contribution >= 4 is 24.2 Å². The number of rotatable bonds is 5. The van der Waals surface area contributed by atoms with Crippen LogP contribution in [0.25, 0.3) is 0 Å². The van der Waals surface area contributed by atoms with Gasteiger partial charge >= 0.3 is 0 Å². The lowest BCUT2D eigenvalue weighted by atomic mass is 9.86. The Morgan fingerprint density at radius 3 is 2.21 bits per heavy atom. The number of nitrogens with zero attached hydrogens (tertiary/aromatic N) is 1. The zero-order valence-electron chi connectivity index (χ0n) is 18.0. The van der Waals surface area contributed by atoms with Crippen LogP contribution in [0.1, 0.15) is 63.9 Å². The van der Waals surface area contributed by atoms with Crippen LogP contribution < -0.4 is 11.1 Å². The van der Waals surface area contributed by atoms with Gasteiger partial charge in [0, 0.05) is 18.2 Å². The van der Waals surface area contributed by atoms with E-state index in [1.165, 1.54) is 5.56 Å². The van der Waals surface area contributed by atoms with E-state index in [2.05, 4.69) is 33.0 Å². The third-order valence-corrected chi connectivity index (χ3v) is 5.51. The second-order valence-electron chi connectivity index (χ2n) is 9.20. The summed E-state index contributed by atoms with van der Waals surface area (Å²) in [4.78, 5) is 27.7. The molecular weight excluding hydrogens is 374 g/mol. The average molecular weight is 410 g/mol. The van der Waals surface area contributed by atoms with Gasteiger partial charge in [0.15, 0.2) is 0 Å². The van der Waals surface area contributed by atoms with E-state index >= 15 is 0 Å². The molecule has 1 aliphatic heterocycles. The molecule has 0 bridgehead atoms. The van der Waals surface area contributed by atoms with E-state index in [4.69, 9.17) is 5.73 Å². The highest BCUT2D eigenvalue weighted by atomic mass is 35.5. The summed E-state index contributed by atoms with van der Waals surface area (Å²) >= 11 is 0. The molecule has 0 saturated carbocycles. The second kappa shape index (κ2) is 9.75. The maximum absolute atomic E-state index is 13.1. The van der Waals surface area contributed by atoms with Gasteiger partial charge in [-0.1, -0.05) is 46.8 Å². The first-order valence-electron chi connectivity index (χ1n) is 9.96. The predicted octanol–water partition coefficient (Wildman–Crippen LogP) is 3.36.